The minimum Gasteiger partial charge on any atom is -0.481 e. The van der Waals surface area contributed by atoms with Crippen LogP contribution in [0.4, 0.5) is 9.18 Å². The predicted octanol–water partition coefficient (Wildman–Crippen LogP) is 2.21. The van der Waals surface area contributed by atoms with E-state index in [9.17, 15) is 14.0 Å². The molecule has 2 aliphatic carbocycles. The molecule has 2 fully saturated rings. The van der Waals surface area contributed by atoms with Gasteiger partial charge in [-0.3, -0.25) is 4.79 Å². The van der Waals surface area contributed by atoms with Crippen LogP contribution < -0.4 is 10.6 Å². The highest BCUT2D eigenvalue weighted by molar-refractivity contribution is 5.74. The minimum atomic E-state index is -1.06. The van der Waals surface area contributed by atoms with Gasteiger partial charge in [-0.2, -0.15) is 0 Å². The number of carboxylic acid groups (broad SMARTS) is 1. The molecule has 2 aliphatic rings. The molecular weight excluding hydrogens is 263 g/mol. The number of alkyl halides is 1. The van der Waals surface area contributed by atoms with Gasteiger partial charge in [-0.05, 0) is 51.4 Å². The van der Waals surface area contributed by atoms with Crippen molar-refractivity contribution >= 4 is 12.0 Å². The Bertz CT molecular complexity index is 363. The average molecular weight is 286 g/mol. The van der Waals surface area contributed by atoms with E-state index in [1.165, 1.54) is 0 Å². The average Bonchev–Trinajstić information content (AvgIpc) is 2.37. The SMILES string of the molecule is O=C(NCCC1(F)CCC1)NC1CCC(C(=O)O)CC1. The van der Waals surface area contributed by atoms with Crippen LogP contribution in [0.5, 0.6) is 0 Å². The molecule has 2 rings (SSSR count). The van der Waals surface area contributed by atoms with E-state index in [1.807, 2.05) is 0 Å². The smallest absolute Gasteiger partial charge is 0.315 e. The molecule has 0 bridgehead atoms. The molecule has 0 aromatic rings. The van der Waals surface area contributed by atoms with Gasteiger partial charge in [0.2, 0.25) is 0 Å². The first kappa shape index (κ1) is 15.1. The van der Waals surface area contributed by atoms with E-state index in [4.69, 9.17) is 5.11 Å². The Morgan fingerprint density at radius 1 is 1.20 bits per heavy atom. The Kier molecular flexibility index (Phi) is 4.83. The fourth-order valence-electron chi connectivity index (χ4n) is 2.93. The third kappa shape index (κ3) is 4.08. The third-order valence-corrected chi connectivity index (χ3v) is 4.52. The van der Waals surface area contributed by atoms with Crippen molar-refractivity contribution < 1.29 is 19.1 Å². The Balaban J connectivity index is 1.59. The standard InChI is InChI=1S/C14H23FN2O3/c15-14(6-1-7-14)8-9-16-13(20)17-11-4-2-10(3-5-11)12(18)19/h10-11H,1-9H2,(H,18,19)(H2,16,17,20). The lowest BCUT2D eigenvalue weighted by Crippen LogP contribution is -2.45. The van der Waals surface area contributed by atoms with Gasteiger partial charge in [0, 0.05) is 12.6 Å². The molecule has 0 heterocycles. The van der Waals surface area contributed by atoms with Crippen LogP contribution in [-0.4, -0.2) is 35.4 Å². The molecule has 20 heavy (non-hydrogen) atoms. The first-order valence-corrected chi connectivity index (χ1v) is 7.45. The van der Waals surface area contributed by atoms with Crippen molar-refractivity contribution in [1.82, 2.24) is 10.6 Å². The van der Waals surface area contributed by atoms with Crippen molar-refractivity contribution in [1.29, 1.82) is 0 Å². The Morgan fingerprint density at radius 2 is 1.85 bits per heavy atom. The van der Waals surface area contributed by atoms with Gasteiger partial charge in [0.25, 0.3) is 0 Å². The zero-order valence-corrected chi connectivity index (χ0v) is 11.7. The van der Waals surface area contributed by atoms with Crippen LogP contribution in [-0.2, 0) is 4.79 Å². The maximum Gasteiger partial charge on any atom is 0.315 e. The van der Waals surface area contributed by atoms with E-state index in [0.717, 1.165) is 6.42 Å². The fourth-order valence-corrected chi connectivity index (χ4v) is 2.93. The van der Waals surface area contributed by atoms with E-state index in [-0.39, 0.29) is 18.0 Å². The summed E-state index contributed by atoms with van der Waals surface area (Å²) < 4.78 is 13.7. The first-order chi connectivity index (χ1) is 9.48. The topological polar surface area (TPSA) is 78.4 Å². The van der Waals surface area contributed by atoms with Gasteiger partial charge in [-0.25, -0.2) is 9.18 Å². The quantitative estimate of drug-likeness (QED) is 0.725. The highest BCUT2D eigenvalue weighted by atomic mass is 19.1. The van der Waals surface area contributed by atoms with Crippen molar-refractivity contribution in [3.8, 4) is 0 Å². The van der Waals surface area contributed by atoms with Crippen molar-refractivity contribution in [3.63, 3.8) is 0 Å². The number of halogens is 1. The van der Waals surface area contributed by atoms with Gasteiger partial charge in [0.15, 0.2) is 0 Å². The molecule has 0 aromatic heterocycles. The Labute approximate surface area is 118 Å². The summed E-state index contributed by atoms with van der Waals surface area (Å²) in [6, 6.07) is -0.236. The number of urea groups is 1. The molecule has 0 radical (unpaired) electrons. The fraction of sp³-hybridized carbons (Fsp3) is 0.857. The van der Waals surface area contributed by atoms with Crippen molar-refractivity contribution in [2.75, 3.05) is 6.54 Å². The second-order valence-corrected chi connectivity index (χ2v) is 6.04. The van der Waals surface area contributed by atoms with Gasteiger partial charge < -0.3 is 15.7 Å². The lowest BCUT2D eigenvalue weighted by atomic mass is 9.80. The van der Waals surface area contributed by atoms with Gasteiger partial charge in [-0.15, -0.1) is 0 Å². The van der Waals surface area contributed by atoms with Crippen LogP contribution in [0.25, 0.3) is 0 Å². The monoisotopic (exact) mass is 286 g/mol. The molecular formula is C14H23FN2O3. The molecule has 0 aliphatic heterocycles. The summed E-state index contributed by atoms with van der Waals surface area (Å²) in [5.41, 5.74) is -1.06. The van der Waals surface area contributed by atoms with E-state index < -0.39 is 11.6 Å². The molecule has 2 saturated carbocycles. The second-order valence-electron chi connectivity index (χ2n) is 6.04. The summed E-state index contributed by atoms with van der Waals surface area (Å²) >= 11 is 0. The number of nitrogens with one attached hydrogen (secondary N) is 2. The molecule has 0 saturated heterocycles. The van der Waals surface area contributed by atoms with Gasteiger partial charge >= 0.3 is 12.0 Å². The maximum atomic E-state index is 13.7. The highest BCUT2D eigenvalue weighted by Crippen LogP contribution is 2.38. The molecule has 114 valence electrons. The molecule has 0 atom stereocenters. The number of aliphatic carboxylic acids is 1. The predicted molar refractivity (Wildman–Crippen MR) is 72.2 cm³/mol. The number of carbonyl (C=O) groups excluding carboxylic acids is 1. The van der Waals surface area contributed by atoms with Gasteiger partial charge in [-0.1, -0.05) is 0 Å². The summed E-state index contributed by atoms with van der Waals surface area (Å²) in [6.07, 6.45) is 5.13. The van der Waals surface area contributed by atoms with Gasteiger partial charge in [0.05, 0.1) is 5.92 Å². The van der Waals surface area contributed by atoms with E-state index >= 15 is 0 Å². The molecule has 3 N–H and O–H groups in total. The maximum absolute atomic E-state index is 13.7. The van der Waals surface area contributed by atoms with E-state index in [2.05, 4.69) is 10.6 Å². The first-order valence-electron chi connectivity index (χ1n) is 7.45. The number of carboxylic acids is 1. The third-order valence-electron chi connectivity index (χ3n) is 4.52. The van der Waals surface area contributed by atoms with Crippen LogP contribution in [0.1, 0.15) is 51.4 Å². The van der Waals surface area contributed by atoms with Gasteiger partial charge in [0.1, 0.15) is 5.67 Å². The largest absolute Gasteiger partial charge is 0.481 e. The van der Waals surface area contributed by atoms with Crippen LogP contribution in [0.2, 0.25) is 0 Å². The minimum absolute atomic E-state index is 0.0358. The number of hydrogen-bond donors (Lipinski definition) is 3. The molecule has 0 aromatic carbocycles. The summed E-state index contributed by atoms with van der Waals surface area (Å²) in [6.45, 7) is 0.354. The summed E-state index contributed by atoms with van der Waals surface area (Å²) in [4.78, 5) is 22.5. The summed E-state index contributed by atoms with van der Waals surface area (Å²) in [5.74, 6) is -1.03. The lowest BCUT2D eigenvalue weighted by molar-refractivity contribution is -0.142. The zero-order chi connectivity index (χ0) is 14.6. The zero-order valence-electron chi connectivity index (χ0n) is 11.7. The van der Waals surface area contributed by atoms with Crippen molar-refractivity contribution in [2.45, 2.75) is 63.1 Å². The van der Waals surface area contributed by atoms with E-state index in [0.29, 0.717) is 51.5 Å². The molecule has 0 unspecified atom stereocenters. The number of amides is 2. The highest BCUT2D eigenvalue weighted by Gasteiger charge is 2.36. The molecule has 5 nitrogen and oxygen atoms in total. The van der Waals surface area contributed by atoms with E-state index in [1.54, 1.807) is 0 Å². The molecule has 6 heteroatoms. The molecule has 2 amide bonds. The van der Waals surface area contributed by atoms with Crippen molar-refractivity contribution in [3.05, 3.63) is 0 Å². The number of rotatable bonds is 5. The molecule has 0 spiro atoms. The van der Waals surface area contributed by atoms with Crippen LogP contribution in [0.15, 0.2) is 0 Å². The van der Waals surface area contributed by atoms with Crippen LogP contribution >= 0.6 is 0 Å². The summed E-state index contributed by atoms with van der Waals surface area (Å²) in [5, 5.41) is 14.4. The van der Waals surface area contributed by atoms with Crippen LogP contribution in [0.3, 0.4) is 0 Å². The lowest BCUT2D eigenvalue weighted by Gasteiger charge is -2.33. The number of carbonyl (C=O) groups is 2. The van der Waals surface area contributed by atoms with Crippen molar-refractivity contribution in [2.24, 2.45) is 5.92 Å². The Hall–Kier alpha value is -1.33. The normalized spacial score (nSPS) is 28.2. The Morgan fingerprint density at radius 3 is 2.35 bits per heavy atom. The summed E-state index contributed by atoms with van der Waals surface area (Å²) in [7, 11) is 0. The second kappa shape index (κ2) is 6.41. The van der Waals surface area contributed by atoms with Crippen LogP contribution in [0, 0.1) is 5.92 Å². The number of hydrogen-bond acceptors (Lipinski definition) is 2.